The van der Waals surface area contributed by atoms with Crippen LogP contribution in [0.15, 0.2) is 24.3 Å². The number of para-hydroxylation sites is 1. The van der Waals surface area contributed by atoms with Gasteiger partial charge < -0.3 is 15.8 Å². The highest BCUT2D eigenvalue weighted by Gasteiger charge is 2.26. The second-order valence-corrected chi connectivity index (χ2v) is 4.77. The zero-order valence-electron chi connectivity index (χ0n) is 10.5. The number of benzene rings is 1. The Morgan fingerprint density at radius 2 is 2.18 bits per heavy atom. The van der Waals surface area contributed by atoms with Gasteiger partial charge in [0.25, 0.3) is 0 Å². The van der Waals surface area contributed by atoms with Gasteiger partial charge in [-0.3, -0.25) is 0 Å². The monoisotopic (exact) mass is 234 g/mol. The van der Waals surface area contributed by atoms with Crippen molar-refractivity contribution in [2.75, 3.05) is 19.0 Å². The average molecular weight is 234 g/mol. The SMILES string of the molecule is COCc1ccccc1NC1CCCC1CN. The summed E-state index contributed by atoms with van der Waals surface area (Å²) in [6.45, 7) is 1.44. The van der Waals surface area contributed by atoms with E-state index in [1.54, 1.807) is 7.11 Å². The fourth-order valence-corrected chi connectivity index (χ4v) is 2.65. The third kappa shape index (κ3) is 2.99. The normalized spacial score (nSPS) is 23.9. The van der Waals surface area contributed by atoms with E-state index in [9.17, 15) is 0 Å². The Morgan fingerprint density at radius 1 is 1.35 bits per heavy atom. The lowest BCUT2D eigenvalue weighted by atomic mass is 10.0. The molecule has 1 fully saturated rings. The van der Waals surface area contributed by atoms with Gasteiger partial charge in [-0.05, 0) is 31.4 Å². The maximum absolute atomic E-state index is 5.81. The van der Waals surface area contributed by atoms with Gasteiger partial charge in [0.2, 0.25) is 0 Å². The van der Waals surface area contributed by atoms with Crippen molar-refractivity contribution in [3.63, 3.8) is 0 Å². The minimum atomic E-state index is 0.526. The van der Waals surface area contributed by atoms with Crippen molar-refractivity contribution in [3.8, 4) is 0 Å². The molecular formula is C14H22N2O. The molecule has 1 aromatic rings. The van der Waals surface area contributed by atoms with Crippen LogP contribution in [-0.4, -0.2) is 19.7 Å². The Labute approximate surface area is 103 Å². The van der Waals surface area contributed by atoms with E-state index in [1.165, 1.54) is 30.5 Å². The molecule has 17 heavy (non-hydrogen) atoms. The van der Waals surface area contributed by atoms with E-state index in [2.05, 4.69) is 29.6 Å². The fourth-order valence-electron chi connectivity index (χ4n) is 2.65. The summed E-state index contributed by atoms with van der Waals surface area (Å²) >= 11 is 0. The minimum absolute atomic E-state index is 0.526. The molecule has 0 radical (unpaired) electrons. The minimum Gasteiger partial charge on any atom is -0.382 e. The highest BCUT2D eigenvalue weighted by molar-refractivity contribution is 5.51. The number of nitrogens with two attached hydrogens (primary N) is 1. The second kappa shape index (κ2) is 6.03. The molecule has 0 saturated heterocycles. The smallest absolute Gasteiger partial charge is 0.0733 e. The molecule has 0 aromatic heterocycles. The first kappa shape index (κ1) is 12.4. The zero-order chi connectivity index (χ0) is 12.1. The predicted octanol–water partition coefficient (Wildman–Crippen LogP) is 2.37. The molecule has 1 aliphatic carbocycles. The number of ether oxygens (including phenoxy) is 1. The van der Waals surface area contributed by atoms with E-state index in [-0.39, 0.29) is 0 Å². The Hall–Kier alpha value is -1.06. The summed E-state index contributed by atoms with van der Waals surface area (Å²) in [6, 6.07) is 8.87. The highest BCUT2D eigenvalue weighted by atomic mass is 16.5. The molecule has 1 aromatic carbocycles. The van der Waals surface area contributed by atoms with Gasteiger partial charge >= 0.3 is 0 Å². The third-order valence-corrected chi connectivity index (χ3v) is 3.62. The first-order valence-electron chi connectivity index (χ1n) is 6.38. The molecule has 2 rings (SSSR count). The van der Waals surface area contributed by atoms with Crippen LogP contribution in [0, 0.1) is 5.92 Å². The number of rotatable bonds is 5. The Kier molecular flexibility index (Phi) is 4.40. The molecule has 0 spiro atoms. The van der Waals surface area contributed by atoms with Gasteiger partial charge in [0.05, 0.1) is 6.61 Å². The summed E-state index contributed by atoms with van der Waals surface area (Å²) in [6.07, 6.45) is 3.76. The van der Waals surface area contributed by atoms with Gasteiger partial charge in [0, 0.05) is 24.4 Å². The summed E-state index contributed by atoms with van der Waals surface area (Å²) in [4.78, 5) is 0. The molecule has 0 bridgehead atoms. The number of anilines is 1. The van der Waals surface area contributed by atoms with Crippen molar-refractivity contribution < 1.29 is 4.74 Å². The van der Waals surface area contributed by atoms with Crippen molar-refractivity contribution in [1.29, 1.82) is 0 Å². The van der Waals surface area contributed by atoms with E-state index >= 15 is 0 Å². The second-order valence-electron chi connectivity index (χ2n) is 4.77. The first-order valence-corrected chi connectivity index (χ1v) is 6.38. The summed E-state index contributed by atoms with van der Waals surface area (Å²) in [7, 11) is 1.73. The van der Waals surface area contributed by atoms with Gasteiger partial charge in [0.1, 0.15) is 0 Å². The van der Waals surface area contributed by atoms with E-state index in [1.807, 2.05) is 0 Å². The molecule has 1 saturated carbocycles. The molecule has 1 aliphatic rings. The molecule has 3 heteroatoms. The van der Waals surface area contributed by atoms with Gasteiger partial charge in [-0.15, -0.1) is 0 Å². The molecule has 2 atom stereocenters. The lowest BCUT2D eigenvalue weighted by Gasteiger charge is -2.22. The molecular weight excluding hydrogens is 212 g/mol. The number of hydrogen-bond donors (Lipinski definition) is 2. The standard InChI is InChI=1S/C14H22N2O/c1-17-10-12-5-2-3-7-14(12)16-13-8-4-6-11(13)9-15/h2-3,5,7,11,13,16H,4,6,8-10,15H2,1H3. The number of nitrogens with one attached hydrogen (secondary N) is 1. The Balaban J connectivity index is 2.07. The van der Waals surface area contributed by atoms with Crippen molar-refractivity contribution in [3.05, 3.63) is 29.8 Å². The third-order valence-electron chi connectivity index (χ3n) is 3.62. The zero-order valence-corrected chi connectivity index (χ0v) is 10.5. The molecule has 2 unspecified atom stereocenters. The van der Waals surface area contributed by atoms with Crippen LogP contribution < -0.4 is 11.1 Å². The molecule has 0 heterocycles. The maximum Gasteiger partial charge on any atom is 0.0733 e. The van der Waals surface area contributed by atoms with Crippen LogP contribution in [0.4, 0.5) is 5.69 Å². The molecule has 94 valence electrons. The summed E-state index contributed by atoms with van der Waals surface area (Å²) in [5.74, 6) is 0.616. The van der Waals surface area contributed by atoms with Crippen LogP contribution in [-0.2, 0) is 11.3 Å². The van der Waals surface area contributed by atoms with Crippen LogP contribution >= 0.6 is 0 Å². The first-order chi connectivity index (χ1) is 8.35. The van der Waals surface area contributed by atoms with Crippen molar-refractivity contribution in [2.45, 2.75) is 31.9 Å². The van der Waals surface area contributed by atoms with Gasteiger partial charge in [-0.2, -0.15) is 0 Å². The Morgan fingerprint density at radius 3 is 2.94 bits per heavy atom. The van der Waals surface area contributed by atoms with Gasteiger partial charge in [-0.1, -0.05) is 24.6 Å². The largest absolute Gasteiger partial charge is 0.382 e. The van der Waals surface area contributed by atoms with Crippen molar-refractivity contribution in [1.82, 2.24) is 0 Å². The Bertz CT molecular complexity index is 354. The lowest BCUT2D eigenvalue weighted by Crippen LogP contribution is -2.29. The topological polar surface area (TPSA) is 47.3 Å². The molecule has 3 nitrogen and oxygen atoms in total. The lowest BCUT2D eigenvalue weighted by molar-refractivity contribution is 0.185. The summed E-state index contributed by atoms with van der Waals surface area (Å²) in [5.41, 5.74) is 8.22. The van der Waals surface area contributed by atoms with Crippen LogP contribution in [0.3, 0.4) is 0 Å². The summed E-state index contributed by atoms with van der Waals surface area (Å²) < 4.78 is 5.22. The van der Waals surface area contributed by atoms with Crippen molar-refractivity contribution >= 4 is 5.69 Å². The molecule has 0 amide bonds. The van der Waals surface area contributed by atoms with Crippen LogP contribution in [0.1, 0.15) is 24.8 Å². The van der Waals surface area contributed by atoms with E-state index in [0.717, 1.165) is 6.54 Å². The van der Waals surface area contributed by atoms with Crippen LogP contribution in [0.25, 0.3) is 0 Å². The molecule has 3 N–H and O–H groups in total. The van der Waals surface area contributed by atoms with E-state index < -0.39 is 0 Å². The quantitative estimate of drug-likeness (QED) is 0.822. The maximum atomic E-state index is 5.81. The molecule has 0 aliphatic heterocycles. The number of hydrogen-bond acceptors (Lipinski definition) is 3. The van der Waals surface area contributed by atoms with Crippen LogP contribution in [0.5, 0.6) is 0 Å². The van der Waals surface area contributed by atoms with Gasteiger partial charge in [0.15, 0.2) is 0 Å². The summed E-state index contributed by atoms with van der Waals surface area (Å²) in [5, 5.41) is 3.64. The average Bonchev–Trinajstić information content (AvgIpc) is 2.79. The van der Waals surface area contributed by atoms with E-state index in [4.69, 9.17) is 10.5 Å². The fraction of sp³-hybridized carbons (Fsp3) is 0.571. The highest BCUT2D eigenvalue weighted by Crippen LogP contribution is 2.29. The van der Waals surface area contributed by atoms with E-state index in [0.29, 0.717) is 18.6 Å². The van der Waals surface area contributed by atoms with Gasteiger partial charge in [-0.25, -0.2) is 0 Å². The number of methoxy groups -OCH3 is 1. The predicted molar refractivity (Wildman–Crippen MR) is 71.0 cm³/mol. The van der Waals surface area contributed by atoms with Crippen molar-refractivity contribution in [2.24, 2.45) is 11.7 Å². The van der Waals surface area contributed by atoms with Crippen LogP contribution in [0.2, 0.25) is 0 Å².